The van der Waals surface area contributed by atoms with Crippen molar-refractivity contribution in [2.45, 2.75) is 6.54 Å². The molecular formula is C16H13BrClN3. The van der Waals surface area contributed by atoms with E-state index in [0.717, 1.165) is 22.4 Å². The molecule has 0 aliphatic rings. The molecular weight excluding hydrogens is 350 g/mol. The van der Waals surface area contributed by atoms with Crippen LogP contribution in [0.25, 0.3) is 5.69 Å². The zero-order valence-electron chi connectivity index (χ0n) is 11.1. The van der Waals surface area contributed by atoms with E-state index in [1.165, 1.54) is 5.56 Å². The van der Waals surface area contributed by atoms with Crippen LogP contribution < -0.4 is 5.32 Å². The quantitative estimate of drug-likeness (QED) is 0.715. The van der Waals surface area contributed by atoms with E-state index in [4.69, 9.17) is 11.6 Å². The van der Waals surface area contributed by atoms with Gasteiger partial charge in [0.1, 0.15) is 0 Å². The fourth-order valence-corrected chi connectivity index (χ4v) is 2.65. The van der Waals surface area contributed by atoms with Crippen molar-refractivity contribution < 1.29 is 0 Å². The molecule has 2 aromatic carbocycles. The topological polar surface area (TPSA) is 29.9 Å². The van der Waals surface area contributed by atoms with Crippen molar-refractivity contribution in [2.24, 2.45) is 0 Å². The van der Waals surface area contributed by atoms with Crippen molar-refractivity contribution in [1.29, 1.82) is 0 Å². The van der Waals surface area contributed by atoms with E-state index < -0.39 is 0 Å². The summed E-state index contributed by atoms with van der Waals surface area (Å²) in [6, 6.07) is 14.1. The van der Waals surface area contributed by atoms with Gasteiger partial charge in [-0.25, -0.2) is 4.98 Å². The summed E-state index contributed by atoms with van der Waals surface area (Å²) in [6.07, 6.45) is 5.36. The second-order valence-electron chi connectivity index (χ2n) is 4.59. The predicted molar refractivity (Wildman–Crippen MR) is 90.0 cm³/mol. The van der Waals surface area contributed by atoms with E-state index >= 15 is 0 Å². The highest BCUT2D eigenvalue weighted by molar-refractivity contribution is 9.10. The molecule has 0 amide bonds. The minimum atomic E-state index is 0.689. The van der Waals surface area contributed by atoms with Crippen LogP contribution >= 0.6 is 27.5 Å². The number of hydrogen-bond donors (Lipinski definition) is 1. The minimum absolute atomic E-state index is 0.689. The number of aromatic nitrogens is 2. The van der Waals surface area contributed by atoms with Gasteiger partial charge < -0.3 is 9.88 Å². The molecule has 0 bridgehead atoms. The maximum atomic E-state index is 6.33. The summed E-state index contributed by atoms with van der Waals surface area (Å²) in [5.74, 6) is 0. The highest BCUT2D eigenvalue weighted by atomic mass is 79.9. The summed E-state index contributed by atoms with van der Waals surface area (Å²) < 4.78 is 2.99. The van der Waals surface area contributed by atoms with E-state index in [0.29, 0.717) is 5.02 Å². The summed E-state index contributed by atoms with van der Waals surface area (Å²) in [5, 5.41) is 4.12. The zero-order chi connectivity index (χ0) is 14.7. The number of rotatable bonds is 4. The third kappa shape index (κ3) is 3.28. The van der Waals surface area contributed by atoms with Gasteiger partial charge >= 0.3 is 0 Å². The lowest BCUT2D eigenvalue weighted by molar-refractivity contribution is 1.04. The fraction of sp³-hybridized carbons (Fsp3) is 0.0625. The van der Waals surface area contributed by atoms with Crippen molar-refractivity contribution in [2.75, 3.05) is 5.32 Å². The van der Waals surface area contributed by atoms with Crippen LogP contribution in [0.1, 0.15) is 5.56 Å². The van der Waals surface area contributed by atoms with Crippen LogP contribution in [0, 0.1) is 0 Å². The lowest BCUT2D eigenvalue weighted by Gasteiger charge is -2.14. The molecule has 3 aromatic rings. The first kappa shape index (κ1) is 14.2. The molecule has 0 radical (unpaired) electrons. The molecule has 21 heavy (non-hydrogen) atoms. The second kappa shape index (κ2) is 6.33. The molecule has 0 fully saturated rings. The standard InChI is InChI=1S/C16H13BrClN3/c17-13-6-4-12(5-7-13)10-20-15-3-1-2-14(18)16(15)21-9-8-19-11-21/h1-9,11,20H,10H2. The summed E-state index contributed by atoms with van der Waals surface area (Å²) in [7, 11) is 0. The molecule has 1 aromatic heterocycles. The molecule has 0 saturated heterocycles. The molecule has 106 valence electrons. The Hall–Kier alpha value is -1.78. The minimum Gasteiger partial charge on any atom is -0.379 e. The van der Waals surface area contributed by atoms with E-state index in [-0.39, 0.29) is 0 Å². The molecule has 5 heteroatoms. The first-order chi connectivity index (χ1) is 10.2. The predicted octanol–water partition coefficient (Wildman–Crippen LogP) is 4.90. The van der Waals surface area contributed by atoms with Crippen molar-refractivity contribution in [1.82, 2.24) is 9.55 Å². The lowest BCUT2D eigenvalue weighted by atomic mass is 10.2. The Morgan fingerprint density at radius 3 is 2.67 bits per heavy atom. The van der Waals surface area contributed by atoms with Gasteiger partial charge in [-0.3, -0.25) is 0 Å². The maximum absolute atomic E-state index is 6.33. The Bertz CT molecular complexity index is 724. The van der Waals surface area contributed by atoms with Crippen LogP contribution in [0.2, 0.25) is 5.02 Å². The SMILES string of the molecule is Clc1cccc(NCc2ccc(Br)cc2)c1-n1ccnc1. The molecule has 3 nitrogen and oxygen atoms in total. The Morgan fingerprint density at radius 2 is 1.95 bits per heavy atom. The van der Waals surface area contributed by atoms with E-state index in [1.54, 1.807) is 12.5 Å². The van der Waals surface area contributed by atoms with Crippen molar-refractivity contribution in [3.8, 4) is 5.69 Å². The number of nitrogens with zero attached hydrogens (tertiary/aromatic N) is 2. The third-order valence-electron chi connectivity index (χ3n) is 3.15. The monoisotopic (exact) mass is 361 g/mol. The first-order valence-electron chi connectivity index (χ1n) is 6.49. The van der Waals surface area contributed by atoms with Gasteiger partial charge in [-0.1, -0.05) is 45.7 Å². The second-order valence-corrected chi connectivity index (χ2v) is 5.91. The Kier molecular flexibility index (Phi) is 4.27. The molecule has 0 atom stereocenters. The number of benzene rings is 2. The molecule has 0 unspecified atom stereocenters. The van der Waals surface area contributed by atoms with Gasteiger partial charge in [-0.2, -0.15) is 0 Å². The molecule has 1 heterocycles. The Labute approximate surface area is 136 Å². The molecule has 0 aliphatic heterocycles. The highest BCUT2D eigenvalue weighted by Crippen LogP contribution is 2.28. The number of nitrogens with one attached hydrogen (secondary N) is 1. The van der Waals surface area contributed by atoms with Crippen LogP contribution in [-0.2, 0) is 6.54 Å². The van der Waals surface area contributed by atoms with Gasteiger partial charge in [-0.05, 0) is 29.8 Å². The summed E-state index contributed by atoms with van der Waals surface area (Å²) in [6.45, 7) is 0.731. The largest absolute Gasteiger partial charge is 0.379 e. The first-order valence-corrected chi connectivity index (χ1v) is 7.66. The van der Waals surface area contributed by atoms with Gasteiger partial charge in [0, 0.05) is 23.4 Å². The van der Waals surface area contributed by atoms with Crippen molar-refractivity contribution in [3.63, 3.8) is 0 Å². The third-order valence-corrected chi connectivity index (χ3v) is 3.98. The van der Waals surface area contributed by atoms with Crippen molar-refractivity contribution in [3.05, 3.63) is 76.2 Å². The summed E-state index contributed by atoms with van der Waals surface area (Å²) in [4.78, 5) is 4.08. The Morgan fingerprint density at radius 1 is 1.14 bits per heavy atom. The number of anilines is 1. The zero-order valence-corrected chi connectivity index (χ0v) is 13.5. The van der Waals surface area contributed by atoms with Gasteiger partial charge in [0.05, 0.1) is 22.7 Å². The Balaban J connectivity index is 1.86. The number of hydrogen-bond acceptors (Lipinski definition) is 2. The van der Waals surface area contributed by atoms with Gasteiger partial charge in [0.2, 0.25) is 0 Å². The fourth-order valence-electron chi connectivity index (χ4n) is 2.11. The van der Waals surface area contributed by atoms with Crippen molar-refractivity contribution >= 4 is 33.2 Å². The molecule has 1 N–H and O–H groups in total. The van der Waals surface area contributed by atoms with Crippen LogP contribution in [-0.4, -0.2) is 9.55 Å². The van der Waals surface area contributed by atoms with Crippen LogP contribution in [0.15, 0.2) is 65.7 Å². The van der Waals surface area contributed by atoms with Gasteiger partial charge in [-0.15, -0.1) is 0 Å². The van der Waals surface area contributed by atoms with Gasteiger partial charge in [0.15, 0.2) is 0 Å². The smallest absolute Gasteiger partial charge is 0.0992 e. The molecule has 3 rings (SSSR count). The molecule has 0 saturated carbocycles. The van der Waals surface area contributed by atoms with Crippen LogP contribution in [0.4, 0.5) is 5.69 Å². The highest BCUT2D eigenvalue weighted by Gasteiger charge is 2.08. The summed E-state index contributed by atoms with van der Waals surface area (Å²) >= 11 is 9.77. The summed E-state index contributed by atoms with van der Waals surface area (Å²) in [5.41, 5.74) is 3.09. The average molecular weight is 363 g/mol. The average Bonchev–Trinajstić information content (AvgIpc) is 3.00. The molecule has 0 aliphatic carbocycles. The normalized spacial score (nSPS) is 10.6. The van der Waals surface area contributed by atoms with Gasteiger partial charge in [0.25, 0.3) is 0 Å². The number of imidazole rings is 1. The van der Waals surface area contributed by atoms with Crippen LogP contribution in [0.3, 0.4) is 0 Å². The van der Waals surface area contributed by atoms with E-state index in [1.807, 2.05) is 41.1 Å². The van der Waals surface area contributed by atoms with E-state index in [9.17, 15) is 0 Å². The molecule has 0 spiro atoms. The maximum Gasteiger partial charge on any atom is 0.0992 e. The van der Waals surface area contributed by atoms with E-state index in [2.05, 4.69) is 38.4 Å². The van der Waals surface area contributed by atoms with Crippen LogP contribution in [0.5, 0.6) is 0 Å². The number of halogens is 2. The lowest BCUT2D eigenvalue weighted by Crippen LogP contribution is -2.04. The number of para-hydroxylation sites is 1.